The number of benzene rings is 1. The van der Waals surface area contributed by atoms with E-state index < -0.39 is 19.9 Å². The van der Waals surface area contributed by atoms with Crippen LogP contribution in [0, 0.1) is 5.92 Å². The molecule has 2 amide bonds. The Bertz CT molecular complexity index is 1610. The van der Waals surface area contributed by atoms with E-state index in [1.54, 1.807) is 15.8 Å². The van der Waals surface area contributed by atoms with Gasteiger partial charge in [0, 0.05) is 38.9 Å². The van der Waals surface area contributed by atoms with Gasteiger partial charge in [-0.1, -0.05) is 32.6 Å². The average Bonchev–Trinajstić information content (AvgIpc) is 3.56. The number of likely N-dealkylation sites (tertiary alicyclic amines) is 1. The van der Waals surface area contributed by atoms with Crippen molar-refractivity contribution in [1.29, 1.82) is 0 Å². The fraction of sp³-hybridized carbons (Fsp3) is 0.500. The summed E-state index contributed by atoms with van der Waals surface area (Å²) in [5, 5.41) is 13.5. The number of anilines is 2. The molecule has 0 saturated carbocycles. The molecular formula is C30H42N8O3Si. The summed E-state index contributed by atoms with van der Waals surface area (Å²) >= 11 is 0. The Labute approximate surface area is 247 Å². The van der Waals surface area contributed by atoms with E-state index in [0.29, 0.717) is 35.6 Å². The number of nitrogens with two attached hydrogens (primary N) is 1. The quantitative estimate of drug-likeness (QED) is 0.164. The van der Waals surface area contributed by atoms with Crippen LogP contribution in [0.1, 0.15) is 51.3 Å². The van der Waals surface area contributed by atoms with Crippen LogP contribution in [0.5, 0.6) is 0 Å². The molecule has 12 heteroatoms. The zero-order valence-electron chi connectivity index (χ0n) is 25.4. The fourth-order valence-corrected chi connectivity index (χ4v) is 6.16. The van der Waals surface area contributed by atoms with Gasteiger partial charge in [0.05, 0.1) is 40.5 Å². The van der Waals surface area contributed by atoms with E-state index in [-0.39, 0.29) is 24.7 Å². The predicted molar refractivity (Wildman–Crippen MR) is 168 cm³/mol. The van der Waals surface area contributed by atoms with E-state index in [1.807, 2.05) is 23.0 Å². The molecule has 4 aromatic rings. The van der Waals surface area contributed by atoms with E-state index >= 15 is 0 Å². The fourth-order valence-electron chi connectivity index (χ4n) is 5.41. The zero-order chi connectivity index (χ0) is 30.2. The van der Waals surface area contributed by atoms with E-state index in [0.717, 1.165) is 35.4 Å². The van der Waals surface area contributed by atoms with Gasteiger partial charge in [0.15, 0.2) is 0 Å². The molecule has 2 unspecified atom stereocenters. The normalized spacial score (nSPS) is 17.8. The van der Waals surface area contributed by atoms with Crippen molar-refractivity contribution < 1.29 is 14.3 Å². The first-order chi connectivity index (χ1) is 19.9. The molecule has 1 saturated heterocycles. The van der Waals surface area contributed by atoms with E-state index in [4.69, 9.17) is 10.5 Å². The van der Waals surface area contributed by atoms with Crippen molar-refractivity contribution in [2.24, 2.45) is 5.92 Å². The maximum Gasteiger partial charge on any atom is 0.314 e. The van der Waals surface area contributed by atoms with Gasteiger partial charge in [-0.3, -0.25) is 14.3 Å². The first-order valence-electron chi connectivity index (χ1n) is 14.7. The van der Waals surface area contributed by atoms with Crippen LogP contribution in [0.15, 0.2) is 36.8 Å². The lowest BCUT2D eigenvalue weighted by Crippen LogP contribution is -2.46. The molecule has 0 aliphatic carbocycles. The van der Waals surface area contributed by atoms with Gasteiger partial charge in [0.25, 0.3) is 0 Å². The Morgan fingerprint density at radius 1 is 1.19 bits per heavy atom. The lowest BCUT2D eigenvalue weighted by molar-refractivity contribution is -0.146. The smallest absolute Gasteiger partial charge is 0.314 e. The lowest BCUT2D eigenvalue weighted by atomic mass is 9.89. The maximum atomic E-state index is 13.7. The Kier molecular flexibility index (Phi) is 8.38. The average molecular weight is 591 g/mol. The molecule has 0 spiro atoms. The summed E-state index contributed by atoms with van der Waals surface area (Å²) in [6, 6.07) is 7.17. The Hall–Kier alpha value is -3.77. The number of nitrogen functional groups attached to an aromatic ring is 1. The van der Waals surface area contributed by atoms with Gasteiger partial charge in [-0.15, -0.1) is 0 Å². The number of nitrogens with one attached hydrogen (secondary N) is 1. The van der Waals surface area contributed by atoms with Crippen molar-refractivity contribution >= 4 is 53.2 Å². The Morgan fingerprint density at radius 2 is 1.98 bits per heavy atom. The van der Waals surface area contributed by atoms with Crippen molar-refractivity contribution in [3.05, 3.63) is 42.4 Å². The highest BCUT2D eigenvalue weighted by Crippen LogP contribution is 2.35. The third-order valence-corrected chi connectivity index (χ3v) is 9.60. The highest BCUT2D eigenvalue weighted by molar-refractivity contribution is 6.76. The molecule has 1 aliphatic heterocycles. The first-order valence-corrected chi connectivity index (χ1v) is 18.4. The Balaban J connectivity index is 1.37. The maximum absolute atomic E-state index is 13.7. The number of ether oxygens (including phenoxy) is 1. The number of fused-ring (bicyclic) bond motifs is 2. The third kappa shape index (κ3) is 6.34. The monoisotopic (exact) mass is 590 g/mol. The highest BCUT2D eigenvalue weighted by Gasteiger charge is 2.35. The van der Waals surface area contributed by atoms with Gasteiger partial charge in [-0.05, 0) is 56.3 Å². The zero-order valence-corrected chi connectivity index (χ0v) is 26.4. The van der Waals surface area contributed by atoms with Gasteiger partial charge in [-0.25, -0.2) is 9.67 Å². The molecule has 1 aromatic carbocycles. The highest BCUT2D eigenvalue weighted by atomic mass is 28.3. The number of pyridine rings is 1. The van der Waals surface area contributed by atoms with Gasteiger partial charge < -0.3 is 20.7 Å². The molecule has 2 atom stereocenters. The minimum Gasteiger partial charge on any atom is -0.383 e. The number of aromatic nitrogens is 5. The minimum absolute atomic E-state index is 0.204. The molecule has 3 N–H and O–H groups in total. The molecule has 5 rings (SSSR count). The third-order valence-electron chi connectivity index (χ3n) is 7.89. The van der Waals surface area contributed by atoms with Crippen molar-refractivity contribution in [2.75, 3.05) is 24.2 Å². The van der Waals surface area contributed by atoms with E-state index in [2.05, 4.69) is 67.0 Å². The van der Waals surface area contributed by atoms with Gasteiger partial charge in [-0.2, -0.15) is 10.2 Å². The van der Waals surface area contributed by atoms with Crippen LogP contribution in [0.2, 0.25) is 25.7 Å². The van der Waals surface area contributed by atoms with E-state index in [1.165, 1.54) is 6.20 Å². The van der Waals surface area contributed by atoms with Crippen LogP contribution >= 0.6 is 0 Å². The topological polar surface area (TPSA) is 133 Å². The summed E-state index contributed by atoms with van der Waals surface area (Å²) in [5.74, 6) is -0.719. The summed E-state index contributed by atoms with van der Waals surface area (Å²) in [7, 11) is -1.24. The molecule has 0 bridgehead atoms. The minimum atomic E-state index is -1.24. The summed E-state index contributed by atoms with van der Waals surface area (Å²) in [4.78, 5) is 33.2. The second-order valence-electron chi connectivity index (χ2n) is 12.9. The molecule has 3 aromatic heterocycles. The molecule has 0 radical (unpaired) electrons. The second kappa shape index (κ2) is 11.8. The van der Waals surface area contributed by atoms with Crippen molar-refractivity contribution in [2.45, 2.75) is 78.1 Å². The van der Waals surface area contributed by atoms with Crippen LogP contribution in [0.3, 0.4) is 0 Å². The SMILES string of the molecule is CC1CCC(c2ccc3nn(C(C)C)cc3c2)N(C(=O)C(=O)Nc2cnc(N)c3cnn(COCC[Si](C)(C)C)c23)C1. The molecule has 224 valence electrons. The van der Waals surface area contributed by atoms with Crippen LogP contribution in [-0.2, 0) is 21.1 Å². The predicted octanol–water partition coefficient (Wildman–Crippen LogP) is 5.19. The standard InChI is InChI=1S/C30H42N8O3Si/c1-19(2)37-17-22-13-21(8-9-24(22)35-37)26-10-7-20(3)16-36(26)30(40)29(39)34-25-15-32-28(31)23-14-33-38(27(23)25)18-41-11-12-42(4,5)6/h8-9,13-15,17,19-20,26H,7,10-12,16,18H2,1-6H3,(H2,31,32)(H,34,39). The van der Waals surface area contributed by atoms with Crippen molar-refractivity contribution in [1.82, 2.24) is 29.4 Å². The molecule has 42 heavy (non-hydrogen) atoms. The molecule has 4 heterocycles. The second-order valence-corrected chi connectivity index (χ2v) is 18.6. The van der Waals surface area contributed by atoms with Crippen LogP contribution in [-0.4, -0.2) is 62.5 Å². The summed E-state index contributed by atoms with van der Waals surface area (Å²) in [6.07, 6.45) is 6.86. The number of carbonyl (C=O) groups is 2. The number of amides is 2. The molecular weight excluding hydrogens is 548 g/mol. The summed E-state index contributed by atoms with van der Waals surface area (Å²) < 4.78 is 9.50. The van der Waals surface area contributed by atoms with Crippen molar-refractivity contribution in [3.63, 3.8) is 0 Å². The van der Waals surface area contributed by atoms with Crippen molar-refractivity contribution in [3.8, 4) is 0 Å². The molecule has 1 aliphatic rings. The summed E-state index contributed by atoms with van der Waals surface area (Å²) in [6.45, 7) is 14.5. The number of piperidine rings is 1. The Morgan fingerprint density at radius 3 is 2.71 bits per heavy atom. The summed E-state index contributed by atoms with van der Waals surface area (Å²) in [5.41, 5.74) is 8.98. The number of rotatable bonds is 8. The van der Waals surface area contributed by atoms with Gasteiger partial charge in [0.1, 0.15) is 12.5 Å². The first kappa shape index (κ1) is 29.7. The van der Waals surface area contributed by atoms with Crippen LogP contribution in [0.4, 0.5) is 11.5 Å². The molecule has 11 nitrogen and oxygen atoms in total. The number of carbonyl (C=O) groups excluding carboxylic acids is 2. The number of hydrogen-bond acceptors (Lipinski definition) is 7. The molecule has 1 fully saturated rings. The van der Waals surface area contributed by atoms with Crippen LogP contribution < -0.4 is 11.1 Å². The number of hydrogen-bond donors (Lipinski definition) is 2. The van der Waals surface area contributed by atoms with Gasteiger partial charge >= 0.3 is 11.8 Å². The largest absolute Gasteiger partial charge is 0.383 e. The lowest BCUT2D eigenvalue weighted by Gasteiger charge is -2.38. The number of nitrogens with zero attached hydrogens (tertiary/aromatic N) is 6. The van der Waals surface area contributed by atoms with Gasteiger partial charge in [0.2, 0.25) is 0 Å². The van der Waals surface area contributed by atoms with Crippen LogP contribution in [0.25, 0.3) is 21.8 Å². The van der Waals surface area contributed by atoms with E-state index in [9.17, 15) is 9.59 Å².